The van der Waals surface area contributed by atoms with Crippen molar-refractivity contribution in [3.63, 3.8) is 0 Å². The van der Waals surface area contributed by atoms with Crippen molar-refractivity contribution in [1.29, 1.82) is 0 Å². The fraction of sp³-hybridized carbons (Fsp3) is 0.400. The number of hydrogen-bond acceptors (Lipinski definition) is 2. The highest BCUT2D eigenvalue weighted by molar-refractivity contribution is 5.90. The highest BCUT2D eigenvalue weighted by atomic mass is 16.2. The van der Waals surface area contributed by atoms with E-state index in [1.807, 2.05) is 38.1 Å². The van der Waals surface area contributed by atoms with E-state index in [4.69, 9.17) is 5.11 Å². The molecule has 0 fully saturated rings. The van der Waals surface area contributed by atoms with E-state index in [9.17, 15) is 4.79 Å². The van der Waals surface area contributed by atoms with Crippen LogP contribution in [0.25, 0.3) is 0 Å². The van der Waals surface area contributed by atoms with Gasteiger partial charge in [0.05, 0.1) is 12.3 Å². The van der Waals surface area contributed by atoms with Gasteiger partial charge >= 0.3 is 6.03 Å². The van der Waals surface area contributed by atoms with Gasteiger partial charge in [0.1, 0.15) is 0 Å². The van der Waals surface area contributed by atoms with E-state index in [-0.39, 0.29) is 12.6 Å². The summed E-state index contributed by atoms with van der Waals surface area (Å²) in [5.74, 6) is 5.81. The monoisotopic (exact) mass is 260 g/mol. The lowest BCUT2D eigenvalue weighted by Gasteiger charge is -2.19. The number of nitrogens with zero attached hydrogens (tertiary/aromatic N) is 1. The zero-order valence-electron chi connectivity index (χ0n) is 11.4. The molecule has 0 atom stereocenters. The van der Waals surface area contributed by atoms with Gasteiger partial charge in [-0.25, -0.2) is 4.79 Å². The Bertz CT molecular complexity index is 471. The maximum Gasteiger partial charge on any atom is 0.321 e. The summed E-state index contributed by atoms with van der Waals surface area (Å²) in [7, 11) is 0. The van der Waals surface area contributed by atoms with E-state index in [1.54, 1.807) is 4.90 Å². The van der Waals surface area contributed by atoms with Crippen molar-refractivity contribution in [1.82, 2.24) is 4.90 Å². The number of nitrogens with one attached hydrogen (secondary N) is 1. The third-order valence-electron chi connectivity index (χ3n) is 2.68. The number of urea groups is 1. The fourth-order valence-corrected chi connectivity index (χ4v) is 1.62. The van der Waals surface area contributed by atoms with Gasteiger partial charge in [0.2, 0.25) is 0 Å². The van der Waals surface area contributed by atoms with Crippen LogP contribution in [-0.2, 0) is 0 Å². The average Bonchev–Trinajstić information content (AvgIpc) is 2.42. The molecule has 0 heterocycles. The summed E-state index contributed by atoms with van der Waals surface area (Å²) in [5, 5.41) is 11.6. The summed E-state index contributed by atoms with van der Waals surface area (Å²) in [4.78, 5) is 13.7. The number of amides is 2. The summed E-state index contributed by atoms with van der Waals surface area (Å²) in [6, 6.07) is 7.28. The Morgan fingerprint density at radius 1 is 1.32 bits per heavy atom. The van der Waals surface area contributed by atoms with Crippen LogP contribution in [0.1, 0.15) is 25.8 Å². The Kier molecular flexibility index (Phi) is 6.48. The zero-order chi connectivity index (χ0) is 14.1. The van der Waals surface area contributed by atoms with Crippen LogP contribution in [0.15, 0.2) is 24.3 Å². The lowest BCUT2D eigenvalue weighted by atomic mass is 10.2. The number of benzene rings is 1. The minimum Gasteiger partial charge on any atom is -0.395 e. The summed E-state index contributed by atoms with van der Waals surface area (Å²) in [5.41, 5.74) is 1.46. The number of rotatable bonds is 4. The summed E-state index contributed by atoms with van der Waals surface area (Å²) >= 11 is 0. The molecule has 1 aromatic carbocycles. The lowest BCUT2D eigenvalue weighted by Crippen LogP contribution is -2.34. The van der Waals surface area contributed by atoms with Crippen molar-refractivity contribution < 1.29 is 9.90 Å². The molecular formula is C15H20N2O2. The van der Waals surface area contributed by atoms with E-state index in [0.717, 1.165) is 5.56 Å². The van der Waals surface area contributed by atoms with Crippen LogP contribution in [0.5, 0.6) is 0 Å². The highest BCUT2D eigenvalue weighted by Gasteiger charge is 2.10. The van der Waals surface area contributed by atoms with E-state index in [0.29, 0.717) is 25.2 Å². The van der Waals surface area contributed by atoms with E-state index in [1.165, 1.54) is 0 Å². The minimum atomic E-state index is -0.124. The van der Waals surface area contributed by atoms with Gasteiger partial charge < -0.3 is 15.3 Å². The first-order valence-electron chi connectivity index (χ1n) is 6.47. The van der Waals surface area contributed by atoms with Crippen molar-refractivity contribution in [2.45, 2.75) is 20.3 Å². The Labute approximate surface area is 114 Å². The van der Waals surface area contributed by atoms with Crippen molar-refractivity contribution in [2.24, 2.45) is 0 Å². The number of aliphatic hydroxyl groups excluding tert-OH is 1. The third-order valence-corrected chi connectivity index (χ3v) is 2.68. The van der Waals surface area contributed by atoms with Gasteiger partial charge in [0, 0.05) is 25.1 Å². The molecule has 4 nitrogen and oxygen atoms in total. The predicted octanol–water partition coefficient (Wildman–Crippen LogP) is 2.29. The van der Waals surface area contributed by atoms with Crippen LogP contribution >= 0.6 is 0 Å². The predicted molar refractivity (Wildman–Crippen MR) is 77.0 cm³/mol. The quantitative estimate of drug-likeness (QED) is 0.816. The Morgan fingerprint density at radius 3 is 2.63 bits per heavy atom. The molecule has 2 amide bonds. The second kappa shape index (κ2) is 8.17. The molecule has 102 valence electrons. The number of para-hydroxylation sites is 1. The minimum absolute atomic E-state index is 0.0426. The molecule has 4 heteroatoms. The van der Waals surface area contributed by atoms with Crippen LogP contribution in [-0.4, -0.2) is 35.7 Å². The van der Waals surface area contributed by atoms with Gasteiger partial charge in [-0.05, 0) is 26.0 Å². The topological polar surface area (TPSA) is 52.6 Å². The van der Waals surface area contributed by atoms with Gasteiger partial charge in [-0.1, -0.05) is 24.0 Å². The Morgan fingerprint density at radius 2 is 2.00 bits per heavy atom. The number of aliphatic hydroxyl groups is 1. The Hall–Kier alpha value is -1.99. The van der Waals surface area contributed by atoms with Crippen LogP contribution < -0.4 is 5.32 Å². The SMILES string of the molecule is CCN(CC)C(=O)Nc1ccccc1C#CCCO. The first-order valence-corrected chi connectivity index (χ1v) is 6.47. The van der Waals surface area contributed by atoms with Crippen molar-refractivity contribution in [3.8, 4) is 11.8 Å². The highest BCUT2D eigenvalue weighted by Crippen LogP contribution is 2.14. The van der Waals surface area contributed by atoms with Crippen molar-refractivity contribution in [3.05, 3.63) is 29.8 Å². The van der Waals surface area contributed by atoms with Crippen LogP contribution in [0.4, 0.5) is 10.5 Å². The van der Waals surface area contributed by atoms with Gasteiger partial charge in [0.15, 0.2) is 0 Å². The van der Waals surface area contributed by atoms with Crippen molar-refractivity contribution >= 4 is 11.7 Å². The molecule has 0 bridgehead atoms. The molecule has 1 rings (SSSR count). The molecule has 0 radical (unpaired) electrons. The second-order valence-electron chi connectivity index (χ2n) is 3.92. The van der Waals surface area contributed by atoms with Gasteiger partial charge in [0.25, 0.3) is 0 Å². The van der Waals surface area contributed by atoms with Crippen LogP contribution in [0.2, 0.25) is 0 Å². The van der Waals surface area contributed by atoms with Crippen LogP contribution in [0.3, 0.4) is 0 Å². The molecule has 0 saturated carbocycles. The molecule has 0 aliphatic carbocycles. The molecular weight excluding hydrogens is 240 g/mol. The first kappa shape index (κ1) is 15.1. The molecule has 0 saturated heterocycles. The smallest absolute Gasteiger partial charge is 0.321 e. The molecule has 2 N–H and O–H groups in total. The van der Waals surface area contributed by atoms with Crippen LogP contribution in [0, 0.1) is 11.8 Å². The maximum absolute atomic E-state index is 12.0. The molecule has 0 unspecified atom stereocenters. The van der Waals surface area contributed by atoms with Gasteiger partial charge in [-0.2, -0.15) is 0 Å². The van der Waals surface area contributed by atoms with E-state index >= 15 is 0 Å². The first-order chi connectivity index (χ1) is 9.22. The molecule has 0 spiro atoms. The average molecular weight is 260 g/mol. The lowest BCUT2D eigenvalue weighted by molar-refractivity contribution is 0.217. The summed E-state index contributed by atoms with van der Waals surface area (Å²) in [6.07, 6.45) is 0.429. The largest absolute Gasteiger partial charge is 0.395 e. The second-order valence-corrected chi connectivity index (χ2v) is 3.92. The molecule has 0 aliphatic rings. The summed E-state index contributed by atoms with van der Waals surface area (Å²) in [6.45, 7) is 5.26. The number of hydrogen-bond donors (Lipinski definition) is 2. The van der Waals surface area contributed by atoms with E-state index < -0.39 is 0 Å². The van der Waals surface area contributed by atoms with E-state index in [2.05, 4.69) is 17.2 Å². The Balaban J connectivity index is 2.84. The normalized spacial score (nSPS) is 9.42. The summed E-state index contributed by atoms with van der Waals surface area (Å²) < 4.78 is 0. The third kappa shape index (κ3) is 4.65. The number of anilines is 1. The maximum atomic E-state index is 12.0. The fourth-order valence-electron chi connectivity index (χ4n) is 1.62. The molecule has 0 aromatic heterocycles. The van der Waals surface area contributed by atoms with Gasteiger partial charge in [-0.15, -0.1) is 0 Å². The number of carbonyl (C=O) groups excluding carboxylic acids is 1. The standard InChI is InChI=1S/C15H20N2O2/c1-3-17(4-2)15(19)16-14-11-6-5-9-13(14)10-7-8-12-18/h5-6,9,11,18H,3-4,8,12H2,1-2H3,(H,16,19). The zero-order valence-corrected chi connectivity index (χ0v) is 11.4. The van der Waals surface area contributed by atoms with Gasteiger partial charge in [-0.3, -0.25) is 0 Å². The van der Waals surface area contributed by atoms with Crippen molar-refractivity contribution in [2.75, 3.05) is 25.0 Å². The molecule has 0 aliphatic heterocycles. The molecule has 1 aromatic rings. The molecule has 19 heavy (non-hydrogen) atoms. The number of carbonyl (C=O) groups is 1.